The molecule has 27 heavy (non-hydrogen) atoms. The summed E-state index contributed by atoms with van der Waals surface area (Å²) < 4.78 is 0. The molecule has 0 amide bonds. The van der Waals surface area contributed by atoms with Crippen LogP contribution in [-0.4, -0.2) is 26.4 Å². The van der Waals surface area contributed by atoms with Crippen molar-refractivity contribution < 1.29 is 0 Å². The molecule has 1 atom stereocenters. The highest BCUT2D eigenvalue weighted by atomic mass is 15.2. The Hall–Kier alpha value is -3.30. The number of anilines is 2. The molecule has 6 heteroatoms. The number of likely N-dealkylation sites (tertiary alicyclic amines) is 1. The van der Waals surface area contributed by atoms with E-state index in [0.29, 0.717) is 11.7 Å². The van der Waals surface area contributed by atoms with Crippen molar-refractivity contribution in [1.29, 1.82) is 5.26 Å². The van der Waals surface area contributed by atoms with Gasteiger partial charge in [0.05, 0.1) is 23.6 Å². The van der Waals surface area contributed by atoms with Crippen molar-refractivity contribution in [3.8, 4) is 6.07 Å². The number of hydrogen-bond acceptors (Lipinski definition) is 6. The van der Waals surface area contributed by atoms with Gasteiger partial charge in [-0.15, -0.1) is 0 Å². The van der Waals surface area contributed by atoms with Crippen LogP contribution in [0.2, 0.25) is 0 Å². The summed E-state index contributed by atoms with van der Waals surface area (Å²) in [6.07, 6.45) is 7.62. The fourth-order valence-corrected chi connectivity index (χ4v) is 3.46. The molecule has 4 rings (SSSR count). The molecule has 0 spiro atoms. The number of pyridine rings is 3. The Kier molecular flexibility index (Phi) is 5.04. The monoisotopic (exact) mass is 356 g/mol. The molecule has 134 valence electrons. The van der Waals surface area contributed by atoms with Crippen LogP contribution in [0.4, 0.5) is 11.5 Å². The predicted octanol–water partition coefficient (Wildman–Crippen LogP) is 3.82. The van der Waals surface area contributed by atoms with Crippen molar-refractivity contribution >= 4 is 11.5 Å². The van der Waals surface area contributed by atoms with E-state index in [1.165, 1.54) is 12.0 Å². The number of aromatic nitrogens is 3. The van der Waals surface area contributed by atoms with Crippen molar-refractivity contribution in [2.45, 2.75) is 25.4 Å². The minimum Gasteiger partial charge on any atom is -0.339 e. The summed E-state index contributed by atoms with van der Waals surface area (Å²) >= 11 is 0. The van der Waals surface area contributed by atoms with Crippen LogP contribution in [0.5, 0.6) is 0 Å². The molecule has 0 aromatic carbocycles. The molecule has 0 unspecified atom stereocenters. The van der Waals surface area contributed by atoms with Crippen molar-refractivity contribution in [2.75, 3.05) is 11.9 Å². The third-order valence-corrected chi connectivity index (χ3v) is 4.76. The molecular weight excluding hydrogens is 336 g/mol. The van der Waals surface area contributed by atoms with Crippen molar-refractivity contribution in [3.05, 3.63) is 78.0 Å². The topological polar surface area (TPSA) is 77.7 Å². The summed E-state index contributed by atoms with van der Waals surface area (Å²) in [4.78, 5) is 15.5. The Labute approximate surface area is 158 Å². The zero-order valence-corrected chi connectivity index (χ0v) is 14.9. The van der Waals surface area contributed by atoms with Gasteiger partial charge in [0.15, 0.2) is 0 Å². The second-order valence-corrected chi connectivity index (χ2v) is 6.60. The van der Waals surface area contributed by atoms with E-state index < -0.39 is 0 Å². The molecule has 4 heterocycles. The molecule has 0 saturated carbocycles. The largest absolute Gasteiger partial charge is 0.339 e. The fourth-order valence-electron chi connectivity index (χ4n) is 3.46. The summed E-state index contributed by atoms with van der Waals surface area (Å²) in [6.45, 7) is 1.98. The number of nitrogens with zero attached hydrogens (tertiary/aromatic N) is 5. The smallest absolute Gasteiger partial charge is 0.140 e. The predicted molar refractivity (Wildman–Crippen MR) is 103 cm³/mol. The highest BCUT2D eigenvalue weighted by molar-refractivity contribution is 5.55. The van der Waals surface area contributed by atoms with Gasteiger partial charge < -0.3 is 5.32 Å². The van der Waals surface area contributed by atoms with Gasteiger partial charge in [-0.05, 0) is 61.3 Å². The van der Waals surface area contributed by atoms with E-state index in [1.54, 1.807) is 12.3 Å². The van der Waals surface area contributed by atoms with E-state index in [9.17, 15) is 0 Å². The van der Waals surface area contributed by atoms with Gasteiger partial charge in [-0.2, -0.15) is 5.26 Å². The lowest BCUT2D eigenvalue weighted by molar-refractivity contribution is 0.244. The van der Waals surface area contributed by atoms with Crippen LogP contribution in [-0.2, 0) is 6.54 Å². The number of rotatable bonds is 5. The molecule has 1 N–H and O–H groups in total. The summed E-state index contributed by atoms with van der Waals surface area (Å²) in [6, 6.07) is 16.1. The molecule has 6 nitrogen and oxygen atoms in total. The van der Waals surface area contributed by atoms with Gasteiger partial charge in [0.1, 0.15) is 17.6 Å². The molecule has 1 aliphatic heterocycles. The van der Waals surface area contributed by atoms with Gasteiger partial charge in [0.25, 0.3) is 0 Å². The summed E-state index contributed by atoms with van der Waals surface area (Å²) in [5, 5.41) is 12.1. The number of nitriles is 1. The first-order valence-corrected chi connectivity index (χ1v) is 9.05. The quantitative estimate of drug-likeness (QED) is 0.749. The van der Waals surface area contributed by atoms with E-state index in [1.807, 2.05) is 36.7 Å². The molecule has 1 saturated heterocycles. The Morgan fingerprint density at radius 2 is 2.04 bits per heavy atom. The van der Waals surface area contributed by atoms with Crippen LogP contribution in [0.15, 0.2) is 61.1 Å². The molecule has 1 aliphatic rings. The molecule has 0 aliphatic carbocycles. The second-order valence-electron chi connectivity index (χ2n) is 6.60. The van der Waals surface area contributed by atoms with E-state index in [4.69, 9.17) is 10.2 Å². The van der Waals surface area contributed by atoms with Crippen LogP contribution < -0.4 is 5.32 Å². The van der Waals surface area contributed by atoms with Gasteiger partial charge in [0.2, 0.25) is 0 Å². The maximum Gasteiger partial charge on any atom is 0.140 e. The molecular formula is C21H20N6. The maximum absolute atomic E-state index is 8.85. The highest BCUT2D eigenvalue weighted by Gasteiger charge is 2.27. The van der Waals surface area contributed by atoms with E-state index in [2.05, 4.69) is 38.4 Å². The zero-order chi connectivity index (χ0) is 18.5. The number of nitrogens with one attached hydrogen (secondary N) is 1. The van der Waals surface area contributed by atoms with Gasteiger partial charge in [-0.1, -0.05) is 6.07 Å². The highest BCUT2D eigenvalue weighted by Crippen LogP contribution is 2.32. The SMILES string of the molecule is N#Cc1ccc(Nc2cccc([C@H]3CCCN3Cc3ccncc3)n2)cn1. The first-order valence-electron chi connectivity index (χ1n) is 9.05. The lowest BCUT2D eigenvalue weighted by Crippen LogP contribution is -2.23. The minimum absolute atomic E-state index is 0.319. The molecule has 0 radical (unpaired) electrons. The van der Waals surface area contributed by atoms with Crippen molar-refractivity contribution in [3.63, 3.8) is 0 Å². The number of hydrogen-bond donors (Lipinski definition) is 1. The van der Waals surface area contributed by atoms with Gasteiger partial charge in [-0.25, -0.2) is 9.97 Å². The molecule has 3 aromatic rings. The van der Waals surface area contributed by atoms with Gasteiger partial charge in [0, 0.05) is 18.9 Å². The molecule has 0 bridgehead atoms. The summed E-state index contributed by atoms with van der Waals surface area (Å²) in [7, 11) is 0. The van der Waals surface area contributed by atoms with E-state index >= 15 is 0 Å². The standard InChI is InChI=1S/C21H20N6/c22-13-17-6-7-18(14-24-17)25-21-5-1-3-19(26-21)20-4-2-12-27(20)15-16-8-10-23-11-9-16/h1,3,5-11,14,20H,2,4,12,15H2,(H,25,26)/t20-/m1/s1. The first kappa shape index (κ1) is 17.1. The average molecular weight is 356 g/mol. The minimum atomic E-state index is 0.319. The lowest BCUT2D eigenvalue weighted by atomic mass is 10.1. The van der Waals surface area contributed by atoms with Gasteiger partial charge in [-0.3, -0.25) is 9.88 Å². The normalized spacial score (nSPS) is 16.8. The lowest BCUT2D eigenvalue weighted by Gasteiger charge is -2.24. The Bertz CT molecular complexity index is 933. The Morgan fingerprint density at radius 3 is 2.81 bits per heavy atom. The molecule has 3 aromatic heterocycles. The molecule has 1 fully saturated rings. The Balaban J connectivity index is 1.50. The fraction of sp³-hybridized carbons (Fsp3) is 0.238. The van der Waals surface area contributed by atoms with Crippen LogP contribution in [0.1, 0.15) is 35.8 Å². The summed E-state index contributed by atoms with van der Waals surface area (Å²) in [5.74, 6) is 0.787. The van der Waals surface area contributed by atoms with E-state index in [0.717, 1.165) is 36.7 Å². The van der Waals surface area contributed by atoms with Crippen LogP contribution in [0.25, 0.3) is 0 Å². The van der Waals surface area contributed by atoms with Crippen LogP contribution >= 0.6 is 0 Å². The zero-order valence-electron chi connectivity index (χ0n) is 14.9. The third kappa shape index (κ3) is 4.10. The van der Waals surface area contributed by atoms with Crippen molar-refractivity contribution in [1.82, 2.24) is 19.9 Å². The maximum atomic E-state index is 8.85. The van der Waals surface area contributed by atoms with Crippen molar-refractivity contribution in [2.24, 2.45) is 0 Å². The summed E-state index contributed by atoms with van der Waals surface area (Å²) in [5.41, 5.74) is 3.57. The van der Waals surface area contributed by atoms with Crippen LogP contribution in [0.3, 0.4) is 0 Å². The first-order chi connectivity index (χ1) is 13.3. The van der Waals surface area contributed by atoms with Gasteiger partial charge >= 0.3 is 0 Å². The third-order valence-electron chi connectivity index (χ3n) is 4.76. The second kappa shape index (κ2) is 7.94. The van der Waals surface area contributed by atoms with E-state index in [-0.39, 0.29) is 0 Å². The average Bonchev–Trinajstić information content (AvgIpc) is 3.18. The van der Waals surface area contributed by atoms with Crippen LogP contribution in [0, 0.1) is 11.3 Å². The Morgan fingerprint density at radius 1 is 1.15 bits per heavy atom.